The third-order valence-electron chi connectivity index (χ3n) is 3.65. The van der Waals surface area contributed by atoms with Crippen LogP contribution in [0.2, 0.25) is 0 Å². The van der Waals surface area contributed by atoms with Crippen LogP contribution in [0.4, 0.5) is 4.79 Å². The maximum atomic E-state index is 12.1. The molecule has 0 spiro atoms. The van der Waals surface area contributed by atoms with Crippen LogP contribution in [-0.4, -0.2) is 50.4 Å². The van der Waals surface area contributed by atoms with Crippen molar-refractivity contribution >= 4 is 6.09 Å². The molecule has 1 aromatic carbocycles. The summed E-state index contributed by atoms with van der Waals surface area (Å²) in [6, 6.07) is 9.69. The van der Waals surface area contributed by atoms with Gasteiger partial charge in [-0.1, -0.05) is 30.3 Å². The van der Waals surface area contributed by atoms with Crippen molar-refractivity contribution in [2.24, 2.45) is 0 Å². The van der Waals surface area contributed by atoms with Gasteiger partial charge in [0.15, 0.2) is 0 Å². The van der Waals surface area contributed by atoms with E-state index in [-0.39, 0.29) is 11.6 Å². The van der Waals surface area contributed by atoms with Crippen molar-refractivity contribution in [3.8, 4) is 0 Å². The molecule has 0 saturated carbocycles. The van der Waals surface area contributed by atoms with Gasteiger partial charge in [0.2, 0.25) is 0 Å². The number of carbonyl (C=O) groups excluding carboxylic acids is 1. The number of hydrogen-bond acceptors (Lipinski definition) is 4. The van der Waals surface area contributed by atoms with Crippen molar-refractivity contribution in [1.82, 2.24) is 10.2 Å². The van der Waals surface area contributed by atoms with Gasteiger partial charge in [0.1, 0.15) is 6.61 Å². The summed E-state index contributed by atoms with van der Waals surface area (Å²) in [4.78, 5) is 14.2. The van der Waals surface area contributed by atoms with Crippen molar-refractivity contribution in [2.75, 3.05) is 33.9 Å². The number of carbonyl (C=O) groups is 1. The zero-order valence-corrected chi connectivity index (χ0v) is 12.8. The van der Waals surface area contributed by atoms with E-state index in [0.717, 1.165) is 24.9 Å². The van der Waals surface area contributed by atoms with Gasteiger partial charge in [0, 0.05) is 19.8 Å². The number of alkyl carbamates (subject to hydrolysis) is 1. The molecule has 116 valence electrons. The Hall–Kier alpha value is -1.59. The molecule has 5 nitrogen and oxygen atoms in total. The van der Waals surface area contributed by atoms with Gasteiger partial charge in [-0.25, -0.2) is 4.79 Å². The molecule has 1 amide bonds. The highest BCUT2D eigenvalue weighted by Crippen LogP contribution is 2.21. The lowest BCUT2D eigenvalue weighted by molar-refractivity contribution is 0.0248. The van der Waals surface area contributed by atoms with Gasteiger partial charge < -0.3 is 19.7 Å². The monoisotopic (exact) mass is 292 g/mol. The van der Waals surface area contributed by atoms with E-state index in [1.807, 2.05) is 44.4 Å². The van der Waals surface area contributed by atoms with E-state index < -0.39 is 0 Å². The van der Waals surface area contributed by atoms with Gasteiger partial charge in [-0.3, -0.25) is 0 Å². The highest BCUT2D eigenvalue weighted by atomic mass is 16.5. The van der Waals surface area contributed by atoms with Gasteiger partial charge in [-0.2, -0.15) is 0 Å². The lowest BCUT2D eigenvalue weighted by Crippen LogP contribution is -2.57. The predicted octanol–water partition coefficient (Wildman–Crippen LogP) is 2.02. The van der Waals surface area contributed by atoms with Crippen molar-refractivity contribution in [3.05, 3.63) is 35.9 Å². The molecule has 0 atom stereocenters. The summed E-state index contributed by atoms with van der Waals surface area (Å²) in [5.41, 5.74) is 0.733. The summed E-state index contributed by atoms with van der Waals surface area (Å²) in [6.07, 6.45) is 1.26. The second-order valence-electron chi connectivity index (χ2n) is 5.82. The molecule has 21 heavy (non-hydrogen) atoms. The maximum absolute atomic E-state index is 12.1. The second kappa shape index (κ2) is 7.43. The Morgan fingerprint density at radius 3 is 2.57 bits per heavy atom. The Labute approximate surface area is 126 Å². The van der Waals surface area contributed by atoms with E-state index in [1.165, 1.54) is 0 Å². The van der Waals surface area contributed by atoms with E-state index in [1.54, 1.807) is 0 Å². The third kappa shape index (κ3) is 5.02. The molecule has 0 aliphatic carbocycles. The molecule has 1 fully saturated rings. The zero-order chi connectivity index (χ0) is 15.1. The smallest absolute Gasteiger partial charge is 0.407 e. The van der Waals surface area contributed by atoms with E-state index in [0.29, 0.717) is 19.8 Å². The largest absolute Gasteiger partial charge is 0.445 e. The van der Waals surface area contributed by atoms with Crippen LogP contribution in [0.1, 0.15) is 18.4 Å². The first-order valence-corrected chi connectivity index (χ1v) is 7.31. The van der Waals surface area contributed by atoms with Gasteiger partial charge in [-0.05, 0) is 32.5 Å². The van der Waals surface area contributed by atoms with E-state index >= 15 is 0 Å². The molecule has 1 saturated heterocycles. The number of hydrogen-bond donors (Lipinski definition) is 1. The summed E-state index contributed by atoms with van der Waals surface area (Å²) < 4.78 is 10.7. The Morgan fingerprint density at radius 1 is 1.29 bits per heavy atom. The van der Waals surface area contributed by atoms with Gasteiger partial charge in [0.25, 0.3) is 0 Å². The summed E-state index contributed by atoms with van der Waals surface area (Å²) in [7, 11) is 4.02. The number of ether oxygens (including phenoxy) is 2. The number of amides is 1. The van der Waals surface area contributed by atoms with Gasteiger partial charge in [0.05, 0.1) is 5.54 Å². The van der Waals surface area contributed by atoms with Crippen LogP contribution < -0.4 is 5.32 Å². The van der Waals surface area contributed by atoms with Gasteiger partial charge in [-0.15, -0.1) is 0 Å². The highest BCUT2D eigenvalue weighted by molar-refractivity contribution is 5.68. The molecule has 0 unspecified atom stereocenters. The minimum absolute atomic E-state index is 0.254. The normalized spacial score (nSPS) is 17.5. The number of rotatable bonds is 5. The van der Waals surface area contributed by atoms with E-state index in [9.17, 15) is 4.79 Å². The standard InChI is InChI=1S/C16H24N2O3/c1-18(2)13-16(8-10-20-11-9-16)17-15(19)21-12-14-6-4-3-5-7-14/h3-7H,8-13H2,1-2H3,(H,17,19). The maximum Gasteiger partial charge on any atom is 0.407 e. The molecule has 2 rings (SSSR count). The molecule has 1 N–H and O–H groups in total. The fraction of sp³-hybridized carbons (Fsp3) is 0.562. The van der Waals surface area contributed by atoms with Crippen LogP contribution in [0.3, 0.4) is 0 Å². The van der Waals surface area contributed by atoms with Crippen molar-refractivity contribution in [1.29, 1.82) is 0 Å². The van der Waals surface area contributed by atoms with E-state index in [2.05, 4.69) is 10.2 Å². The lowest BCUT2D eigenvalue weighted by atomic mass is 9.89. The minimum Gasteiger partial charge on any atom is -0.445 e. The summed E-state index contributed by atoms with van der Waals surface area (Å²) in [5.74, 6) is 0. The summed E-state index contributed by atoms with van der Waals surface area (Å²) in [5, 5.41) is 3.05. The molecule has 1 aliphatic heterocycles. The van der Waals surface area contributed by atoms with Crippen molar-refractivity contribution in [3.63, 3.8) is 0 Å². The van der Waals surface area contributed by atoms with Crippen LogP contribution in [0.15, 0.2) is 30.3 Å². The molecular weight excluding hydrogens is 268 g/mol. The minimum atomic E-state index is -0.359. The predicted molar refractivity (Wildman–Crippen MR) is 81.1 cm³/mol. The molecule has 1 aliphatic rings. The molecular formula is C16H24N2O3. The van der Waals surface area contributed by atoms with Crippen LogP contribution in [0.5, 0.6) is 0 Å². The van der Waals surface area contributed by atoms with Crippen LogP contribution in [0, 0.1) is 0 Å². The van der Waals surface area contributed by atoms with Crippen molar-refractivity contribution in [2.45, 2.75) is 25.0 Å². The molecule has 1 aromatic rings. The average Bonchev–Trinajstić information content (AvgIpc) is 2.46. The zero-order valence-electron chi connectivity index (χ0n) is 12.8. The van der Waals surface area contributed by atoms with Gasteiger partial charge >= 0.3 is 6.09 Å². The first kappa shape index (κ1) is 15.8. The first-order valence-electron chi connectivity index (χ1n) is 7.31. The number of likely N-dealkylation sites (N-methyl/N-ethyl adjacent to an activating group) is 1. The molecule has 0 aromatic heterocycles. The van der Waals surface area contributed by atoms with E-state index in [4.69, 9.17) is 9.47 Å². The Balaban J connectivity index is 1.88. The first-order chi connectivity index (χ1) is 10.1. The lowest BCUT2D eigenvalue weighted by Gasteiger charge is -2.39. The Bertz CT molecular complexity index is 442. The van der Waals surface area contributed by atoms with Crippen molar-refractivity contribution < 1.29 is 14.3 Å². The second-order valence-corrected chi connectivity index (χ2v) is 5.82. The summed E-state index contributed by atoms with van der Waals surface area (Å²) >= 11 is 0. The van der Waals surface area contributed by atoms with Crippen LogP contribution in [-0.2, 0) is 16.1 Å². The fourth-order valence-corrected chi connectivity index (χ4v) is 2.67. The quantitative estimate of drug-likeness (QED) is 0.902. The Morgan fingerprint density at radius 2 is 1.95 bits per heavy atom. The van der Waals surface area contributed by atoms with Crippen LogP contribution in [0.25, 0.3) is 0 Å². The number of nitrogens with zero attached hydrogens (tertiary/aromatic N) is 1. The molecule has 1 heterocycles. The topological polar surface area (TPSA) is 50.8 Å². The highest BCUT2D eigenvalue weighted by Gasteiger charge is 2.35. The Kier molecular flexibility index (Phi) is 5.59. The van der Waals surface area contributed by atoms with Crippen LogP contribution >= 0.6 is 0 Å². The molecule has 0 radical (unpaired) electrons. The number of nitrogens with one attached hydrogen (secondary N) is 1. The third-order valence-corrected chi connectivity index (χ3v) is 3.65. The molecule has 0 bridgehead atoms. The number of benzene rings is 1. The SMILES string of the molecule is CN(C)CC1(NC(=O)OCc2ccccc2)CCOCC1. The fourth-order valence-electron chi connectivity index (χ4n) is 2.67. The molecule has 5 heteroatoms. The summed E-state index contributed by atoms with van der Waals surface area (Å²) in [6.45, 7) is 2.43. The average molecular weight is 292 g/mol.